The first-order valence-corrected chi connectivity index (χ1v) is 10.4. The lowest BCUT2D eigenvalue weighted by molar-refractivity contribution is -0.139. The second kappa shape index (κ2) is 12.1. The molecule has 1 aliphatic heterocycles. The van der Waals surface area contributed by atoms with Gasteiger partial charge in [0.1, 0.15) is 29.2 Å². The van der Waals surface area contributed by atoms with E-state index in [9.17, 15) is 44.1 Å². The number of primary amides is 1. The van der Waals surface area contributed by atoms with Crippen molar-refractivity contribution in [2.24, 2.45) is 5.73 Å². The number of hydrogen-bond acceptors (Lipinski definition) is 12. The number of amides is 2. The van der Waals surface area contributed by atoms with Crippen LogP contribution in [0.5, 0.6) is 28.7 Å². The zero-order valence-electron chi connectivity index (χ0n) is 20.0. The van der Waals surface area contributed by atoms with Crippen molar-refractivity contribution >= 4 is 36.2 Å². The predicted octanol–water partition coefficient (Wildman–Crippen LogP) is 1.28. The van der Waals surface area contributed by atoms with E-state index in [0.29, 0.717) is 12.2 Å². The molecule has 0 saturated carbocycles. The number of carboxylic acid groups (broad SMARTS) is 2. The Kier molecular flexibility index (Phi) is 9.15. The number of hydrogen-bond donors (Lipinski definition) is 7. The van der Waals surface area contributed by atoms with Crippen LogP contribution < -0.4 is 20.7 Å². The number of carboxylic acids is 2. The highest BCUT2D eigenvalue weighted by Crippen LogP contribution is 2.50. The lowest BCUT2D eigenvalue weighted by Gasteiger charge is -2.18. The molecule has 3 rings (SSSR count). The Balaban J connectivity index is 0.000000976. The molecule has 0 aromatic heterocycles. The maximum Gasteiger partial charge on any atom is 0.347 e. The third kappa shape index (κ3) is 6.38. The number of benzene rings is 2. The second-order valence-corrected chi connectivity index (χ2v) is 7.49. The third-order valence-electron chi connectivity index (χ3n) is 4.98. The molecule has 2 aromatic carbocycles. The number of ether oxygens (including phenoxy) is 3. The SMILES string of the molecule is Cc1cc(O)c(C=O)c2c1C(=O)Oc1c(COC(=O)C=CC(=O)O)c(O)c(C(=O)O)c(C)c1O2.NC(=O)NO. The van der Waals surface area contributed by atoms with E-state index in [1.165, 1.54) is 19.3 Å². The minimum atomic E-state index is -1.60. The zero-order chi connectivity index (χ0) is 29.6. The molecule has 2 aromatic rings. The average molecular weight is 548 g/mol. The van der Waals surface area contributed by atoms with Gasteiger partial charge in [0.2, 0.25) is 0 Å². The smallest absolute Gasteiger partial charge is 0.347 e. The number of carbonyl (C=O) groups is 6. The van der Waals surface area contributed by atoms with Crippen molar-refractivity contribution < 1.29 is 68.6 Å². The number of aldehydes is 1. The molecule has 0 atom stereocenters. The predicted molar refractivity (Wildman–Crippen MR) is 124 cm³/mol. The Bertz CT molecular complexity index is 1430. The van der Waals surface area contributed by atoms with E-state index in [1.807, 2.05) is 0 Å². The molecule has 2 amide bonds. The Hall–Kier alpha value is -5.64. The number of carbonyl (C=O) groups excluding carboxylic acids is 4. The summed E-state index contributed by atoms with van der Waals surface area (Å²) in [7, 11) is 0. The fraction of sp³-hybridized carbons (Fsp3) is 0.130. The van der Waals surface area contributed by atoms with Crippen LogP contribution in [-0.2, 0) is 20.9 Å². The standard InChI is InChI=1S/C22H16O12.CH4N2O2/c1-8-5-12(24)10(6-23)19-15(8)22(31)34-20-11(7-32-14(27)4-3-13(25)26)17(28)16(21(29)30)9(2)18(20)33-19;2-1(4)3-5/h3-6,24,28H,7H2,1-2H3,(H,25,26)(H,29,30);5H,(H3,2,3,4). The molecule has 16 heteroatoms. The number of aryl methyl sites for hydroxylation is 1. The van der Waals surface area contributed by atoms with Gasteiger partial charge in [0, 0.05) is 17.7 Å². The highest BCUT2D eigenvalue weighted by atomic mass is 16.6. The molecular formula is C23H20N2O14. The van der Waals surface area contributed by atoms with Crippen LogP contribution >= 0.6 is 0 Å². The fourth-order valence-electron chi connectivity index (χ4n) is 3.32. The number of nitrogens with two attached hydrogens (primary N) is 1. The fourth-order valence-corrected chi connectivity index (χ4v) is 3.32. The number of nitrogens with one attached hydrogen (secondary N) is 1. The van der Waals surface area contributed by atoms with Crippen LogP contribution in [0.4, 0.5) is 4.79 Å². The van der Waals surface area contributed by atoms with Gasteiger partial charge in [-0.15, -0.1) is 0 Å². The number of aromatic hydroxyl groups is 2. The van der Waals surface area contributed by atoms with Crippen LogP contribution in [0.15, 0.2) is 18.2 Å². The number of aliphatic carboxylic acids is 1. The van der Waals surface area contributed by atoms with Gasteiger partial charge in [-0.1, -0.05) is 0 Å². The Labute approximate surface area is 217 Å². The van der Waals surface area contributed by atoms with E-state index in [2.05, 4.69) is 5.73 Å². The number of urea groups is 1. The molecular weight excluding hydrogens is 528 g/mol. The summed E-state index contributed by atoms with van der Waals surface area (Å²) >= 11 is 0. The number of rotatable bonds is 6. The maximum atomic E-state index is 12.9. The van der Waals surface area contributed by atoms with Gasteiger partial charge in [-0.2, -0.15) is 0 Å². The molecule has 0 saturated heterocycles. The van der Waals surface area contributed by atoms with Gasteiger partial charge in [0.25, 0.3) is 0 Å². The van der Waals surface area contributed by atoms with E-state index in [-0.39, 0.29) is 28.7 Å². The van der Waals surface area contributed by atoms with Crippen LogP contribution in [0.1, 0.15) is 47.8 Å². The molecule has 0 radical (unpaired) electrons. The first-order chi connectivity index (χ1) is 18.2. The Morgan fingerprint density at radius 3 is 2.18 bits per heavy atom. The van der Waals surface area contributed by atoms with Crippen molar-refractivity contribution in [3.8, 4) is 28.7 Å². The largest absolute Gasteiger partial charge is 0.507 e. The van der Waals surface area contributed by atoms with Gasteiger partial charge in [-0.25, -0.2) is 29.5 Å². The van der Waals surface area contributed by atoms with E-state index in [0.717, 1.165) is 6.07 Å². The van der Waals surface area contributed by atoms with Crippen molar-refractivity contribution in [2.75, 3.05) is 0 Å². The number of phenolic OH excluding ortho intramolecular Hbond substituents is 1. The van der Waals surface area contributed by atoms with Crippen molar-refractivity contribution in [3.63, 3.8) is 0 Å². The second-order valence-electron chi connectivity index (χ2n) is 7.49. The molecule has 0 fully saturated rings. The summed E-state index contributed by atoms with van der Waals surface area (Å²) in [6, 6.07) is 0.193. The van der Waals surface area contributed by atoms with Crippen LogP contribution in [0.3, 0.4) is 0 Å². The van der Waals surface area contributed by atoms with Crippen LogP contribution in [-0.4, -0.2) is 61.8 Å². The van der Waals surface area contributed by atoms with Gasteiger partial charge in [0.15, 0.2) is 23.5 Å². The molecule has 0 aliphatic carbocycles. The molecule has 16 nitrogen and oxygen atoms in total. The maximum absolute atomic E-state index is 12.9. The molecule has 0 bridgehead atoms. The number of phenols is 2. The Morgan fingerprint density at radius 1 is 1.05 bits per heavy atom. The summed E-state index contributed by atoms with van der Waals surface area (Å²) in [5, 5.41) is 46.3. The van der Waals surface area contributed by atoms with Crippen molar-refractivity contribution in [3.05, 3.63) is 51.6 Å². The molecule has 1 heterocycles. The first kappa shape index (κ1) is 29.6. The third-order valence-corrected chi connectivity index (χ3v) is 4.98. The Morgan fingerprint density at radius 2 is 1.67 bits per heavy atom. The van der Waals surface area contributed by atoms with Gasteiger partial charge in [0.05, 0.1) is 11.1 Å². The quantitative estimate of drug-likeness (QED) is 0.0669. The first-order valence-electron chi connectivity index (χ1n) is 10.4. The summed E-state index contributed by atoms with van der Waals surface area (Å²) in [5.74, 6) is -7.91. The summed E-state index contributed by atoms with van der Waals surface area (Å²) in [6.45, 7) is 1.83. The minimum Gasteiger partial charge on any atom is -0.507 e. The average Bonchev–Trinajstić information content (AvgIpc) is 2.99. The number of hydroxylamine groups is 1. The van der Waals surface area contributed by atoms with E-state index in [1.54, 1.807) is 0 Å². The molecule has 39 heavy (non-hydrogen) atoms. The van der Waals surface area contributed by atoms with Crippen LogP contribution in [0.2, 0.25) is 0 Å². The normalized spacial score (nSPS) is 11.4. The van der Waals surface area contributed by atoms with Gasteiger partial charge in [-0.05, 0) is 25.5 Å². The molecule has 0 spiro atoms. The highest BCUT2D eigenvalue weighted by molar-refractivity contribution is 6.02. The van der Waals surface area contributed by atoms with Crippen molar-refractivity contribution in [2.45, 2.75) is 20.5 Å². The van der Waals surface area contributed by atoms with Crippen LogP contribution in [0, 0.1) is 13.8 Å². The van der Waals surface area contributed by atoms with E-state index in [4.69, 9.17) is 24.5 Å². The summed E-state index contributed by atoms with van der Waals surface area (Å²) in [6.07, 6.45) is 1.30. The molecule has 206 valence electrons. The number of esters is 2. The van der Waals surface area contributed by atoms with Crippen molar-refractivity contribution in [1.82, 2.24) is 5.48 Å². The minimum absolute atomic E-state index is 0.169. The van der Waals surface area contributed by atoms with Gasteiger partial charge >= 0.3 is 29.9 Å². The topological polar surface area (TPSA) is 269 Å². The molecule has 8 N–H and O–H groups in total. The summed E-state index contributed by atoms with van der Waals surface area (Å²) in [4.78, 5) is 67.9. The summed E-state index contributed by atoms with van der Waals surface area (Å²) in [5.41, 5.74) is 3.66. The zero-order valence-corrected chi connectivity index (χ0v) is 20.0. The molecule has 0 unspecified atom stereocenters. The molecule has 1 aliphatic rings. The lowest BCUT2D eigenvalue weighted by Crippen LogP contribution is -2.25. The monoisotopic (exact) mass is 548 g/mol. The van der Waals surface area contributed by atoms with Gasteiger partial charge < -0.3 is 40.4 Å². The lowest BCUT2D eigenvalue weighted by atomic mass is 10.0. The number of fused-ring (bicyclic) bond motifs is 2. The van der Waals surface area contributed by atoms with Gasteiger partial charge in [-0.3, -0.25) is 10.0 Å². The summed E-state index contributed by atoms with van der Waals surface area (Å²) < 4.78 is 15.9. The van der Waals surface area contributed by atoms with Crippen molar-refractivity contribution in [1.29, 1.82) is 0 Å². The van der Waals surface area contributed by atoms with E-state index >= 15 is 0 Å². The van der Waals surface area contributed by atoms with Crippen LogP contribution in [0.25, 0.3) is 0 Å². The highest BCUT2D eigenvalue weighted by Gasteiger charge is 2.35. The van der Waals surface area contributed by atoms with E-state index < -0.39 is 76.2 Å². The number of aromatic carboxylic acids is 1.